The van der Waals surface area contributed by atoms with Crippen LogP contribution in [0.1, 0.15) is 19.3 Å². The number of rotatable bonds is 4. The predicted molar refractivity (Wildman–Crippen MR) is 73.3 cm³/mol. The van der Waals surface area contributed by atoms with Gasteiger partial charge in [0.05, 0.1) is 4.92 Å². The van der Waals surface area contributed by atoms with Crippen LogP contribution in [0.15, 0.2) is 18.2 Å². The Labute approximate surface area is 115 Å². The van der Waals surface area contributed by atoms with E-state index in [4.69, 9.17) is 5.73 Å². The Kier molecular flexibility index (Phi) is 4.19. The Balaban J connectivity index is 2.21. The van der Waals surface area contributed by atoms with E-state index in [0.29, 0.717) is 6.54 Å². The minimum absolute atomic E-state index is 0.0971. The lowest BCUT2D eigenvalue weighted by atomic mass is 9.95. The normalized spacial score (nSPS) is 21.6. The van der Waals surface area contributed by atoms with Crippen molar-refractivity contribution in [2.45, 2.75) is 19.3 Å². The molecule has 108 valence electrons. The highest BCUT2D eigenvalue weighted by Gasteiger charge is 2.33. The van der Waals surface area contributed by atoms with Gasteiger partial charge in [-0.1, -0.05) is 12.5 Å². The molecule has 2 rings (SSSR count). The average Bonchev–Trinajstić information content (AvgIpc) is 2.89. The molecule has 1 aromatic carbocycles. The smallest absolute Gasteiger partial charge is 0.296 e. The fourth-order valence-corrected chi connectivity index (χ4v) is 2.69. The molecule has 4 N–H and O–H groups in total. The molecule has 0 aromatic heterocycles. The van der Waals surface area contributed by atoms with E-state index in [-0.39, 0.29) is 34.9 Å². The van der Waals surface area contributed by atoms with Crippen molar-refractivity contribution in [3.05, 3.63) is 28.3 Å². The molecule has 2 unspecified atom stereocenters. The maximum Gasteiger partial charge on any atom is 0.296 e. The van der Waals surface area contributed by atoms with Gasteiger partial charge in [0.15, 0.2) is 5.69 Å². The number of amides is 1. The third-order valence-corrected chi connectivity index (χ3v) is 3.76. The topological polar surface area (TPSA) is 118 Å². The number of nitrogens with one attached hydrogen (secondary N) is 1. The van der Waals surface area contributed by atoms with Gasteiger partial charge in [0.25, 0.3) is 5.69 Å². The number of carbonyl (C=O) groups is 1. The maximum atomic E-state index is 12.2. The fraction of sp³-hybridized carbons (Fsp3) is 0.462. The Bertz CT molecular complexity index is 532. The number of aromatic hydroxyl groups is 1. The van der Waals surface area contributed by atoms with Crippen molar-refractivity contribution >= 4 is 17.3 Å². The molecule has 1 saturated carbocycles. The summed E-state index contributed by atoms with van der Waals surface area (Å²) in [6, 6.07) is 3.91. The lowest BCUT2D eigenvalue weighted by Crippen LogP contribution is -2.30. The second-order valence-electron chi connectivity index (χ2n) is 4.95. The Morgan fingerprint density at radius 2 is 2.25 bits per heavy atom. The first-order valence-corrected chi connectivity index (χ1v) is 6.52. The van der Waals surface area contributed by atoms with E-state index in [1.165, 1.54) is 18.2 Å². The quantitative estimate of drug-likeness (QED) is 0.439. The molecule has 20 heavy (non-hydrogen) atoms. The zero-order chi connectivity index (χ0) is 14.7. The minimum Gasteiger partial charge on any atom is -0.505 e. The van der Waals surface area contributed by atoms with Crippen molar-refractivity contribution in [1.82, 2.24) is 0 Å². The Morgan fingerprint density at radius 3 is 2.90 bits per heavy atom. The number of anilines is 1. The van der Waals surface area contributed by atoms with Gasteiger partial charge >= 0.3 is 0 Å². The number of phenols is 1. The molecule has 7 heteroatoms. The highest BCUT2D eigenvalue weighted by Crippen LogP contribution is 2.36. The van der Waals surface area contributed by atoms with Gasteiger partial charge in [0, 0.05) is 12.0 Å². The van der Waals surface area contributed by atoms with Crippen LogP contribution in [-0.4, -0.2) is 22.5 Å². The van der Waals surface area contributed by atoms with Gasteiger partial charge in [-0.05, 0) is 31.4 Å². The molecule has 0 radical (unpaired) electrons. The van der Waals surface area contributed by atoms with E-state index in [2.05, 4.69) is 5.32 Å². The van der Waals surface area contributed by atoms with E-state index >= 15 is 0 Å². The zero-order valence-corrected chi connectivity index (χ0v) is 10.9. The summed E-state index contributed by atoms with van der Waals surface area (Å²) >= 11 is 0. The number of benzene rings is 1. The van der Waals surface area contributed by atoms with Crippen LogP contribution < -0.4 is 11.1 Å². The van der Waals surface area contributed by atoms with Crippen LogP contribution in [0.2, 0.25) is 0 Å². The standard InChI is InChI=1S/C13H17N3O4/c14-7-8-3-1-4-9(8)13(18)15-12-10(16(19)20)5-2-6-11(12)17/h2,5-6,8-9,17H,1,3-4,7,14H2,(H,15,18). The summed E-state index contributed by atoms with van der Waals surface area (Å²) in [6.45, 7) is 0.418. The number of hydrogen-bond acceptors (Lipinski definition) is 5. The van der Waals surface area contributed by atoms with Crippen molar-refractivity contribution in [1.29, 1.82) is 0 Å². The van der Waals surface area contributed by atoms with Gasteiger partial charge in [-0.15, -0.1) is 0 Å². The summed E-state index contributed by atoms with van der Waals surface area (Å²) in [5.74, 6) is -0.781. The summed E-state index contributed by atoms with van der Waals surface area (Å²) in [5.41, 5.74) is 5.16. The number of para-hydroxylation sites is 1. The molecule has 0 saturated heterocycles. The Hall–Kier alpha value is -2.15. The van der Waals surface area contributed by atoms with E-state index in [1.807, 2.05) is 0 Å². The first-order valence-electron chi connectivity index (χ1n) is 6.52. The van der Waals surface area contributed by atoms with Gasteiger partial charge in [-0.2, -0.15) is 0 Å². The second-order valence-corrected chi connectivity index (χ2v) is 4.95. The summed E-state index contributed by atoms with van der Waals surface area (Å²) in [5, 5.41) is 23.1. The third kappa shape index (κ3) is 2.72. The molecule has 1 amide bonds. The first-order chi connectivity index (χ1) is 9.54. The van der Waals surface area contributed by atoms with Gasteiger partial charge in [-0.25, -0.2) is 0 Å². The SMILES string of the molecule is NCC1CCCC1C(=O)Nc1c(O)cccc1[N+](=O)[O-]. The van der Waals surface area contributed by atoms with E-state index in [9.17, 15) is 20.0 Å². The Morgan fingerprint density at radius 1 is 1.50 bits per heavy atom. The van der Waals surface area contributed by atoms with Crippen molar-refractivity contribution in [3.8, 4) is 5.75 Å². The molecule has 2 atom stereocenters. The number of hydrogen-bond donors (Lipinski definition) is 3. The summed E-state index contributed by atoms with van der Waals surface area (Å²) in [7, 11) is 0. The molecule has 0 aliphatic heterocycles. The highest BCUT2D eigenvalue weighted by atomic mass is 16.6. The lowest BCUT2D eigenvalue weighted by Gasteiger charge is -2.17. The molecule has 1 aliphatic carbocycles. The van der Waals surface area contributed by atoms with Crippen molar-refractivity contribution in [2.24, 2.45) is 17.6 Å². The van der Waals surface area contributed by atoms with Crippen molar-refractivity contribution in [3.63, 3.8) is 0 Å². The van der Waals surface area contributed by atoms with Crippen LogP contribution >= 0.6 is 0 Å². The molecule has 1 aromatic rings. The largest absolute Gasteiger partial charge is 0.505 e. The van der Waals surface area contributed by atoms with Crippen LogP contribution in [-0.2, 0) is 4.79 Å². The van der Waals surface area contributed by atoms with Crippen LogP contribution in [0, 0.1) is 22.0 Å². The van der Waals surface area contributed by atoms with Gasteiger partial charge < -0.3 is 16.2 Å². The molecule has 1 fully saturated rings. The van der Waals surface area contributed by atoms with Crippen LogP contribution in [0.3, 0.4) is 0 Å². The maximum absolute atomic E-state index is 12.2. The van der Waals surface area contributed by atoms with E-state index in [1.54, 1.807) is 0 Å². The van der Waals surface area contributed by atoms with Gasteiger partial charge in [-0.3, -0.25) is 14.9 Å². The summed E-state index contributed by atoms with van der Waals surface area (Å²) < 4.78 is 0. The summed E-state index contributed by atoms with van der Waals surface area (Å²) in [6.07, 6.45) is 2.52. The van der Waals surface area contributed by atoms with Crippen molar-refractivity contribution < 1.29 is 14.8 Å². The molecule has 0 heterocycles. The van der Waals surface area contributed by atoms with E-state index in [0.717, 1.165) is 19.3 Å². The minimum atomic E-state index is -0.635. The molecular weight excluding hydrogens is 262 g/mol. The van der Waals surface area contributed by atoms with Gasteiger partial charge in [0.1, 0.15) is 5.75 Å². The van der Waals surface area contributed by atoms with E-state index < -0.39 is 4.92 Å². The lowest BCUT2D eigenvalue weighted by molar-refractivity contribution is -0.384. The van der Waals surface area contributed by atoms with Crippen LogP contribution in [0.25, 0.3) is 0 Å². The number of phenolic OH excluding ortho intramolecular Hbond substituents is 1. The van der Waals surface area contributed by atoms with Gasteiger partial charge in [0.2, 0.25) is 5.91 Å². The summed E-state index contributed by atoms with van der Waals surface area (Å²) in [4.78, 5) is 22.5. The second kappa shape index (κ2) is 5.87. The average molecular weight is 279 g/mol. The fourth-order valence-electron chi connectivity index (χ4n) is 2.69. The molecule has 1 aliphatic rings. The predicted octanol–water partition coefficient (Wildman–Crippen LogP) is 1.61. The number of nitro groups is 1. The molecule has 0 spiro atoms. The monoisotopic (exact) mass is 279 g/mol. The molecule has 0 bridgehead atoms. The number of carbonyl (C=O) groups excluding carboxylic acids is 1. The zero-order valence-electron chi connectivity index (χ0n) is 10.9. The third-order valence-electron chi connectivity index (χ3n) is 3.76. The first kappa shape index (κ1) is 14.3. The highest BCUT2D eigenvalue weighted by molar-refractivity contribution is 5.96. The number of nitrogens with two attached hydrogens (primary N) is 1. The van der Waals surface area contributed by atoms with Crippen LogP contribution in [0.5, 0.6) is 5.75 Å². The van der Waals surface area contributed by atoms with Crippen LogP contribution in [0.4, 0.5) is 11.4 Å². The number of nitro benzene ring substituents is 1. The molecular formula is C13H17N3O4. The molecule has 7 nitrogen and oxygen atoms in total. The number of nitrogens with zero attached hydrogens (tertiary/aromatic N) is 1. The van der Waals surface area contributed by atoms with Crippen molar-refractivity contribution in [2.75, 3.05) is 11.9 Å².